The normalized spacial score (nSPS) is 13.6. The molecule has 0 atom stereocenters. The zero-order chi connectivity index (χ0) is 21.0. The van der Waals surface area contributed by atoms with Crippen molar-refractivity contribution < 1.29 is 13.3 Å². The van der Waals surface area contributed by atoms with Crippen molar-refractivity contribution in [3.8, 4) is 0 Å². The van der Waals surface area contributed by atoms with Gasteiger partial charge in [-0.3, -0.25) is 0 Å². The summed E-state index contributed by atoms with van der Waals surface area (Å²) >= 11 is 0. The fourth-order valence-corrected chi connectivity index (χ4v) is 20.3. The molecule has 0 bridgehead atoms. The Labute approximate surface area is 174 Å². The van der Waals surface area contributed by atoms with Crippen LogP contribution in [0.25, 0.3) is 0 Å². The number of hydrogen-bond donors (Lipinski definition) is 0. The van der Waals surface area contributed by atoms with E-state index in [9.17, 15) is 0 Å². The fourth-order valence-electron chi connectivity index (χ4n) is 4.10. The van der Waals surface area contributed by atoms with Gasteiger partial charge in [-0.1, -0.05) is 104 Å². The predicted molar refractivity (Wildman–Crippen MR) is 128 cm³/mol. The zero-order valence-corrected chi connectivity index (χ0v) is 23.1. The van der Waals surface area contributed by atoms with E-state index in [-0.39, 0.29) is 0 Å². The van der Waals surface area contributed by atoms with Gasteiger partial charge in [0.25, 0.3) is 0 Å². The molecule has 0 radical (unpaired) electrons. The molecular formula is C21H50O3Si3. The van der Waals surface area contributed by atoms with Crippen molar-refractivity contribution in [3.05, 3.63) is 0 Å². The molecule has 6 heteroatoms. The van der Waals surface area contributed by atoms with Crippen molar-refractivity contribution in [2.24, 2.45) is 0 Å². The molecule has 0 saturated carbocycles. The van der Waals surface area contributed by atoms with E-state index in [1.165, 1.54) is 57.8 Å². The molecule has 0 heterocycles. The second kappa shape index (κ2) is 13.7. The quantitative estimate of drug-likeness (QED) is 0.178. The van der Waals surface area contributed by atoms with Crippen LogP contribution in [0.15, 0.2) is 0 Å². The summed E-state index contributed by atoms with van der Waals surface area (Å²) in [6.07, 6.45) is 13.5. The Morgan fingerprint density at radius 2 is 0.963 bits per heavy atom. The molecule has 0 amide bonds. The maximum atomic E-state index is 6.77. The van der Waals surface area contributed by atoms with Crippen LogP contribution in [-0.2, 0) is 13.3 Å². The lowest BCUT2D eigenvalue weighted by Crippen LogP contribution is -2.61. The van der Waals surface area contributed by atoms with Gasteiger partial charge in [-0.15, -0.1) is 0 Å². The van der Waals surface area contributed by atoms with Crippen LogP contribution in [0.2, 0.25) is 45.3 Å². The van der Waals surface area contributed by atoms with E-state index in [1.807, 2.05) is 0 Å². The van der Waals surface area contributed by atoms with Crippen LogP contribution in [0.3, 0.4) is 0 Å². The molecule has 0 aromatic carbocycles. The maximum Gasteiger partial charge on any atom is 0.500 e. The van der Waals surface area contributed by atoms with Crippen LogP contribution >= 0.6 is 0 Å². The number of hydrogen-bond acceptors (Lipinski definition) is 3. The minimum Gasteiger partial charge on any atom is -0.377 e. The number of rotatable bonds is 17. The van der Waals surface area contributed by atoms with Gasteiger partial charge in [0.1, 0.15) is 0 Å². The summed E-state index contributed by atoms with van der Waals surface area (Å²) in [4.78, 5) is 0. The summed E-state index contributed by atoms with van der Waals surface area (Å²) in [5, 5.41) is 0.375. The van der Waals surface area contributed by atoms with Crippen LogP contribution in [-0.4, -0.2) is 44.5 Å². The van der Waals surface area contributed by atoms with Gasteiger partial charge < -0.3 is 13.3 Å². The molecule has 0 unspecified atom stereocenters. The number of unbranched alkanes of at least 4 members (excludes halogenated alkanes) is 9. The van der Waals surface area contributed by atoms with Gasteiger partial charge in [0.15, 0.2) is 0 Å². The average Bonchev–Trinajstić information content (AvgIpc) is 2.57. The first-order valence-electron chi connectivity index (χ1n) is 11.3. The summed E-state index contributed by atoms with van der Waals surface area (Å²) in [5.41, 5.74) is 0. The third-order valence-electron chi connectivity index (χ3n) is 5.33. The largest absolute Gasteiger partial charge is 0.500 e. The molecule has 0 spiro atoms. The van der Waals surface area contributed by atoms with Crippen LogP contribution in [0.5, 0.6) is 0 Å². The average molecular weight is 435 g/mol. The van der Waals surface area contributed by atoms with Crippen molar-refractivity contribution in [3.63, 3.8) is 0 Å². The topological polar surface area (TPSA) is 27.7 Å². The van der Waals surface area contributed by atoms with Gasteiger partial charge in [-0.2, -0.15) is 0 Å². The first-order chi connectivity index (χ1) is 12.5. The Balaban J connectivity index is 4.38. The molecule has 0 aliphatic rings. The SMILES string of the molecule is CCCCCCCCCCCC[Si](OC)(OC)OC([Si](C)(C)C)[Si](C)(C)C. The van der Waals surface area contributed by atoms with Crippen molar-refractivity contribution in [1.82, 2.24) is 0 Å². The molecule has 164 valence electrons. The second-order valence-corrected chi connectivity index (χ2v) is 24.3. The summed E-state index contributed by atoms with van der Waals surface area (Å²) in [5.74, 6) is 0. The molecule has 0 N–H and O–H groups in total. The lowest BCUT2D eigenvalue weighted by molar-refractivity contribution is 0.0997. The molecule has 0 saturated heterocycles. The Morgan fingerprint density at radius 1 is 0.593 bits per heavy atom. The van der Waals surface area contributed by atoms with E-state index in [2.05, 4.69) is 46.2 Å². The molecule has 0 aromatic heterocycles. The summed E-state index contributed by atoms with van der Waals surface area (Å²) in [6.45, 7) is 16.8. The molecule has 0 rings (SSSR count). The zero-order valence-electron chi connectivity index (χ0n) is 20.1. The molecule has 0 aliphatic heterocycles. The Bertz CT molecular complexity index is 347. The van der Waals surface area contributed by atoms with E-state index in [0.29, 0.717) is 5.35 Å². The minimum absolute atomic E-state index is 0.375. The first-order valence-corrected chi connectivity index (χ1v) is 20.4. The first kappa shape index (κ1) is 27.5. The molecule has 27 heavy (non-hydrogen) atoms. The molecule has 3 nitrogen and oxygen atoms in total. The van der Waals surface area contributed by atoms with Crippen molar-refractivity contribution >= 4 is 25.0 Å². The minimum atomic E-state index is -2.55. The van der Waals surface area contributed by atoms with Gasteiger partial charge >= 0.3 is 8.80 Å². The highest BCUT2D eigenvalue weighted by Gasteiger charge is 2.48. The predicted octanol–water partition coefficient (Wildman–Crippen LogP) is 7.28. The lowest BCUT2D eigenvalue weighted by Gasteiger charge is -2.43. The highest BCUT2D eigenvalue weighted by atomic mass is 28.4. The van der Waals surface area contributed by atoms with Crippen molar-refractivity contribution in [2.45, 2.75) is 122 Å². The lowest BCUT2D eigenvalue weighted by atomic mass is 10.1. The van der Waals surface area contributed by atoms with E-state index in [1.54, 1.807) is 14.2 Å². The maximum absolute atomic E-state index is 6.77. The molecule has 0 fully saturated rings. The van der Waals surface area contributed by atoms with E-state index < -0.39 is 25.0 Å². The highest BCUT2D eigenvalue weighted by Crippen LogP contribution is 2.29. The Kier molecular flexibility index (Phi) is 14.0. The summed E-state index contributed by atoms with van der Waals surface area (Å²) < 4.78 is 18.6. The van der Waals surface area contributed by atoms with Gasteiger partial charge in [-0.25, -0.2) is 0 Å². The summed E-state index contributed by atoms with van der Waals surface area (Å²) in [7, 11) is -1.83. The van der Waals surface area contributed by atoms with Crippen LogP contribution in [0.1, 0.15) is 71.1 Å². The van der Waals surface area contributed by atoms with E-state index in [4.69, 9.17) is 13.3 Å². The Morgan fingerprint density at radius 3 is 1.30 bits per heavy atom. The van der Waals surface area contributed by atoms with Crippen molar-refractivity contribution in [1.29, 1.82) is 0 Å². The van der Waals surface area contributed by atoms with Gasteiger partial charge in [0.05, 0.1) is 16.1 Å². The van der Waals surface area contributed by atoms with Crippen molar-refractivity contribution in [2.75, 3.05) is 14.2 Å². The van der Waals surface area contributed by atoms with E-state index in [0.717, 1.165) is 12.5 Å². The molecule has 0 aromatic rings. The Hall–Kier alpha value is 0.531. The second-order valence-electron chi connectivity index (χ2n) is 10.3. The third-order valence-corrected chi connectivity index (χ3v) is 17.2. The monoisotopic (exact) mass is 434 g/mol. The standard InChI is InChI=1S/C21H50O3Si3/c1-10-11-12-13-14-15-16-17-18-19-20-27(22-2,23-3)24-21(25(4,5)6)26(7,8)9/h21H,10-20H2,1-9H3. The fraction of sp³-hybridized carbons (Fsp3) is 1.00. The van der Waals surface area contributed by atoms with Gasteiger partial charge in [0.2, 0.25) is 0 Å². The van der Waals surface area contributed by atoms with Gasteiger partial charge in [-0.05, 0) is 6.42 Å². The van der Waals surface area contributed by atoms with Gasteiger partial charge in [0, 0.05) is 25.6 Å². The van der Waals surface area contributed by atoms with Crippen LogP contribution in [0.4, 0.5) is 0 Å². The molecular weight excluding hydrogens is 384 g/mol. The van der Waals surface area contributed by atoms with Crippen LogP contribution < -0.4 is 0 Å². The highest BCUT2D eigenvalue weighted by molar-refractivity contribution is 6.96. The summed E-state index contributed by atoms with van der Waals surface area (Å²) in [6, 6.07) is 0.960. The van der Waals surface area contributed by atoms with Crippen LogP contribution in [0, 0.1) is 0 Å². The third kappa shape index (κ3) is 12.0. The smallest absolute Gasteiger partial charge is 0.377 e. The van der Waals surface area contributed by atoms with E-state index >= 15 is 0 Å². The molecule has 0 aliphatic carbocycles.